The maximum atomic E-state index is 12.0. The van der Waals surface area contributed by atoms with Crippen LogP contribution in [0.4, 0.5) is 5.69 Å². The highest BCUT2D eigenvalue weighted by molar-refractivity contribution is 6.34. The van der Waals surface area contributed by atoms with E-state index in [9.17, 15) is 9.59 Å². The number of carbonyl (C=O) groups excluding carboxylic acids is 1. The predicted octanol–water partition coefficient (Wildman–Crippen LogP) is 2.12. The van der Waals surface area contributed by atoms with Gasteiger partial charge in [-0.25, -0.2) is 4.79 Å². The summed E-state index contributed by atoms with van der Waals surface area (Å²) in [6.07, 6.45) is 2.91. The van der Waals surface area contributed by atoms with Crippen molar-refractivity contribution < 1.29 is 14.7 Å². The fraction of sp³-hybridized carbons (Fsp3) is 0.385. The van der Waals surface area contributed by atoms with E-state index in [4.69, 9.17) is 16.7 Å². The molecule has 3 N–H and O–H groups in total. The third kappa shape index (κ3) is 3.45. The van der Waals surface area contributed by atoms with Gasteiger partial charge in [0.15, 0.2) is 0 Å². The molecule has 0 bridgehead atoms. The summed E-state index contributed by atoms with van der Waals surface area (Å²) in [7, 11) is 0. The van der Waals surface area contributed by atoms with Gasteiger partial charge < -0.3 is 15.7 Å². The molecule has 19 heavy (non-hydrogen) atoms. The van der Waals surface area contributed by atoms with Crippen LogP contribution in [0.3, 0.4) is 0 Å². The van der Waals surface area contributed by atoms with E-state index in [0.29, 0.717) is 5.69 Å². The molecular weight excluding hydrogens is 268 g/mol. The third-order valence-electron chi connectivity index (χ3n) is 3.10. The van der Waals surface area contributed by atoms with Gasteiger partial charge in [-0.2, -0.15) is 0 Å². The van der Waals surface area contributed by atoms with Crippen LogP contribution in [0.2, 0.25) is 5.02 Å². The molecule has 1 amide bonds. The van der Waals surface area contributed by atoms with Crippen molar-refractivity contribution in [3.8, 4) is 0 Å². The largest absolute Gasteiger partial charge is 0.478 e. The summed E-state index contributed by atoms with van der Waals surface area (Å²) >= 11 is 5.96. The number of hydrogen-bond donors (Lipinski definition) is 3. The first-order chi connectivity index (χ1) is 9.08. The lowest BCUT2D eigenvalue weighted by Crippen LogP contribution is -2.43. The molecule has 1 fully saturated rings. The first-order valence-corrected chi connectivity index (χ1v) is 6.53. The number of amides is 1. The molecule has 6 heteroatoms. The van der Waals surface area contributed by atoms with Gasteiger partial charge in [-0.3, -0.25) is 4.79 Å². The van der Waals surface area contributed by atoms with E-state index in [0.717, 1.165) is 25.8 Å². The molecule has 102 valence electrons. The number of carbonyl (C=O) groups is 2. The summed E-state index contributed by atoms with van der Waals surface area (Å²) in [5.74, 6) is -1.18. The highest BCUT2D eigenvalue weighted by atomic mass is 35.5. The van der Waals surface area contributed by atoms with Crippen LogP contribution in [-0.2, 0) is 4.79 Å². The van der Waals surface area contributed by atoms with Crippen molar-refractivity contribution >= 4 is 29.2 Å². The van der Waals surface area contributed by atoms with Crippen molar-refractivity contribution in [2.24, 2.45) is 0 Å². The Morgan fingerprint density at radius 2 is 2.16 bits per heavy atom. The number of nitrogens with one attached hydrogen (secondary N) is 2. The van der Waals surface area contributed by atoms with Crippen LogP contribution in [-0.4, -0.2) is 29.6 Å². The summed E-state index contributed by atoms with van der Waals surface area (Å²) in [5, 5.41) is 14.9. The second-order valence-corrected chi connectivity index (χ2v) is 4.90. The van der Waals surface area contributed by atoms with E-state index in [1.165, 1.54) is 18.2 Å². The zero-order chi connectivity index (χ0) is 13.8. The molecule has 0 aliphatic carbocycles. The molecular formula is C13H15ClN2O3. The van der Waals surface area contributed by atoms with Crippen LogP contribution in [0.1, 0.15) is 29.6 Å². The van der Waals surface area contributed by atoms with Crippen molar-refractivity contribution in [2.45, 2.75) is 25.3 Å². The van der Waals surface area contributed by atoms with Crippen molar-refractivity contribution in [3.63, 3.8) is 0 Å². The zero-order valence-corrected chi connectivity index (χ0v) is 11.0. The van der Waals surface area contributed by atoms with E-state index in [-0.39, 0.29) is 22.5 Å². The number of carboxylic acid groups (broad SMARTS) is 1. The van der Waals surface area contributed by atoms with Crippen LogP contribution in [0.25, 0.3) is 0 Å². The Labute approximate surface area is 116 Å². The molecule has 0 radical (unpaired) electrons. The van der Waals surface area contributed by atoms with Crippen molar-refractivity contribution in [2.75, 3.05) is 11.9 Å². The fourth-order valence-corrected chi connectivity index (χ4v) is 2.27. The first kappa shape index (κ1) is 13.8. The number of benzene rings is 1. The fourth-order valence-electron chi connectivity index (χ4n) is 2.04. The van der Waals surface area contributed by atoms with E-state index in [1.54, 1.807) is 0 Å². The SMILES string of the molecule is O=C(O)c1ccc(NC(=O)[C@@H]2CCCCN2)c(Cl)c1. The monoisotopic (exact) mass is 282 g/mol. The number of halogens is 1. The Bertz CT molecular complexity index is 499. The summed E-state index contributed by atoms with van der Waals surface area (Å²) < 4.78 is 0. The highest BCUT2D eigenvalue weighted by Crippen LogP contribution is 2.23. The molecule has 0 aromatic heterocycles. The summed E-state index contributed by atoms with van der Waals surface area (Å²) in [6, 6.07) is 4.04. The first-order valence-electron chi connectivity index (χ1n) is 6.15. The third-order valence-corrected chi connectivity index (χ3v) is 3.41. The van der Waals surface area contributed by atoms with Crippen LogP contribution in [0.15, 0.2) is 18.2 Å². The van der Waals surface area contributed by atoms with E-state index in [2.05, 4.69) is 10.6 Å². The molecule has 0 saturated carbocycles. The molecule has 0 spiro atoms. The normalized spacial score (nSPS) is 18.9. The standard InChI is InChI=1S/C13H15ClN2O3/c14-9-7-8(13(18)19)4-5-10(9)16-12(17)11-3-1-2-6-15-11/h4-5,7,11,15H,1-3,6H2,(H,16,17)(H,18,19)/t11-/m0/s1. The number of anilines is 1. The van der Waals surface area contributed by atoms with Gasteiger partial charge in [-0.1, -0.05) is 18.0 Å². The number of carboxylic acids is 1. The van der Waals surface area contributed by atoms with Crippen LogP contribution in [0.5, 0.6) is 0 Å². The minimum atomic E-state index is -1.05. The van der Waals surface area contributed by atoms with Gasteiger partial charge in [0.25, 0.3) is 0 Å². The van der Waals surface area contributed by atoms with E-state index < -0.39 is 5.97 Å². The molecule has 1 heterocycles. The number of piperidine rings is 1. The van der Waals surface area contributed by atoms with E-state index >= 15 is 0 Å². The molecule has 1 aliphatic heterocycles. The zero-order valence-electron chi connectivity index (χ0n) is 10.3. The minimum absolute atomic E-state index is 0.0961. The number of rotatable bonds is 3. The average Bonchev–Trinajstić information content (AvgIpc) is 2.41. The summed E-state index contributed by atoms with van der Waals surface area (Å²) in [4.78, 5) is 22.8. The Balaban J connectivity index is 2.06. The lowest BCUT2D eigenvalue weighted by Gasteiger charge is -2.22. The van der Waals surface area contributed by atoms with Crippen LogP contribution >= 0.6 is 11.6 Å². The number of aromatic carboxylic acids is 1. The van der Waals surface area contributed by atoms with Gasteiger partial charge >= 0.3 is 5.97 Å². The molecule has 1 atom stereocenters. The van der Waals surface area contributed by atoms with Gasteiger partial charge in [0.1, 0.15) is 0 Å². The van der Waals surface area contributed by atoms with Gasteiger partial charge in [-0.15, -0.1) is 0 Å². The molecule has 5 nitrogen and oxygen atoms in total. The molecule has 1 aromatic rings. The summed E-state index contributed by atoms with van der Waals surface area (Å²) in [5.41, 5.74) is 0.530. The number of hydrogen-bond acceptors (Lipinski definition) is 3. The molecule has 1 aliphatic rings. The van der Waals surface area contributed by atoms with Gasteiger partial charge in [0.2, 0.25) is 5.91 Å². The Hall–Kier alpha value is -1.59. The smallest absolute Gasteiger partial charge is 0.335 e. The highest BCUT2D eigenvalue weighted by Gasteiger charge is 2.21. The molecule has 1 saturated heterocycles. The molecule has 1 aromatic carbocycles. The topological polar surface area (TPSA) is 78.4 Å². The Morgan fingerprint density at radius 3 is 2.74 bits per heavy atom. The second-order valence-electron chi connectivity index (χ2n) is 4.49. The Kier molecular flexibility index (Phi) is 4.39. The second kappa shape index (κ2) is 6.04. The Morgan fingerprint density at radius 1 is 1.37 bits per heavy atom. The van der Waals surface area contributed by atoms with Gasteiger partial charge in [-0.05, 0) is 37.6 Å². The minimum Gasteiger partial charge on any atom is -0.478 e. The molecule has 0 unspecified atom stereocenters. The van der Waals surface area contributed by atoms with Crippen molar-refractivity contribution in [3.05, 3.63) is 28.8 Å². The van der Waals surface area contributed by atoms with Crippen LogP contribution < -0.4 is 10.6 Å². The quantitative estimate of drug-likeness (QED) is 0.793. The maximum absolute atomic E-state index is 12.0. The molecule has 2 rings (SSSR count). The maximum Gasteiger partial charge on any atom is 0.335 e. The van der Waals surface area contributed by atoms with Crippen molar-refractivity contribution in [1.82, 2.24) is 5.32 Å². The average molecular weight is 283 g/mol. The lowest BCUT2D eigenvalue weighted by atomic mass is 10.0. The van der Waals surface area contributed by atoms with E-state index in [1.807, 2.05) is 0 Å². The lowest BCUT2D eigenvalue weighted by molar-refractivity contribution is -0.118. The summed E-state index contributed by atoms with van der Waals surface area (Å²) in [6.45, 7) is 0.837. The van der Waals surface area contributed by atoms with Gasteiger partial charge in [0.05, 0.1) is 22.3 Å². The van der Waals surface area contributed by atoms with Gasteiger partial charge in [0, 0.05) is 0 Å². The van der Waals surface area contributed by atoms with Crippen molar-refractivity contribution in [1.29, 1.82) is 0 Å². The predicted molar refractivity (Wildman–Crippen MR) is 72.7 cm³/mol. The van der Waals surface area contributed by atoms with Crippen LogP contribution in [0, 0.1) is 0 Å².